The number of carboxylic acids is 1. The Hall–Kier alpha value is -1.40. The summed E-state index contributed by atoms with van der Waals surface area (Å²) in [6, 6.07) is -1.71. The number of carboxylic acid groups (broad SMARTS) is 1. The Morgan fingerprint density at radius 2 is 1.29 bits per heavy atom. The van der Waals surface area contributed by atoms with E-state index < -0.39 is 31.2 Å². The number of guanidine groups is 1. The van der Waals surface area contributed by atoms with Gasteiger partial charge in [0.25, 0.3) is 0 Å². The Morgan fingerprint density at radius 1 is 0.882 bits per heavy atom. The maximum atomic E-state index is 11.2. The summed E-state index contributed by atoms with van der Waals surface area (Å²) in [5, 5.41) is 20.6. The SMILES string of the molecule is CC(N)C(=O)NC(CCCNC(=N)N)C(=O)O.CCCC[PH](CCCC)(CCCC)CCCC. The molecule has 0 aromatic rings. The van der Waals surface area contributed by atoms with Gasteiger partial charge in [0.2, 0.25) is 5.91 Å². The van der Waals surface area contributed by atoms with E-state index in [1.54, 1.807) is 24.6 Å². The van der Waals surface area contributed by atoms with Gasteiger partial charge in [0.1, 0.15) is 6.04 Å². The van der Waals surface area contributed by atoms with Crippen LogP contribution in [-0.4, -0.2) is 66.2 Å². The Balaban J connectivity index is 0. The van der Waals surface area contributed by atoms with E-state index >= 15 is 0 Å². The Kier molecular flexibility index (Phi) is 22.6. The van der Waals surface area contributed by atoms with Crippen LogP contribution >= 0.6 is 7.26 Å². The summed E-state index contributed by atoms with van der Waals surface area (Å²) in [5.74, 6) is -1.78. The monoisotopic (exact) mass is 505 g/mol. The van der Waals surface area contributed by atoms with E-state index in [0.717, 1.165) is 0 Å². The van der Waals surface area contributed by atoms with Crippen molar-refractivity contribution >= 4 is 25.1 Å². The van der Waals surface area contributed by atoms with Crippen LogP contribution in [0.15, 0.2) is 0 Å². The molecule has 0 fully saturated rings. The summed E-state index contributed by atoms with van der Waals surface area (Å²) in [4.78, 5) is 22.1. The van der Waals surface area contributed by atoms with Gasteiger partial charge >= 0.3 is 117 Å². The Labute approximate surface area is 209 Å². The zero-order valence-corrected chi connectivity index (χ0v) is 23.7. The molecule has 2 atom stereocenters. The van der Waals surface area contributed by atoms with E-state index in [4.69, 9.17) is 22.0 Å². The first-order valence-electron chi connectivity index (χ1n) is 13.5. The molecule has 0 aromatic heterocycles. The van der Waals surface area contributed by atoms with Crippen LogP contribution < -0.4 is 22.1 Å². The van der Waals surface area contributed by atoms with E-state index in [0.29, 0.717) is 13.0 Å². The summed E-state index contributed by atoms with van der Waals surface area (Å²) >= 11 is 0. The number of amides is 1. The molecule has 0 aliphatic rings. The summed E-state index contributed by atoms with van der Waals surface area (Å²) in [6.07, 6.45) is 18.8. The van der Waals surface area contributed by atoms with E-state index in [2.05, 4.69) is 38.3 Å². The molecule has 0 saturated heterocycles. The first kappa shape index (κ1) is 34.8. The number of hydrogen-bond donors (Lipinski definition) is 6. The zero-order valence-electron chi connectivity index (χ0n) is 22.7. The molecular formula is C25H56N5O3P. The van der Waals surface area contributed by atoms with Gasteiger partial charge in [-0.2, -0.15) is 0 Å². The molecule has 9 heteroatoms. The molecule has 0 radical (unpaired) electrons. The molecule has 2 unspecified atom stereocenters. The Morgan fingerprint density at radius 3 is 1.59 bits per heavy atom. The van der Waals surface area contributed by atoms with Crippen molar-refractivity contribution in [2.45, 2.75) is 111 Å². The summed E-state index contributed by atoms with van der Waals surface area (Å²) in [7, 11) is -0.879. The van der Waals surface area contributed by atoms with Gasteiger partial charge in [-0.15, -0.1) is 0 Å². The number of nitrogens with one attached hydrogen (secondary N) is 3. The molecule has 0 heterocycles. The minimum absolute atomic E-state index is 0.170. The predicted octanol–water partition coefficient (Wildman–Crippen LogP) is 4.10. The van der Waals surface area contributed by atoms with Gasteiger partial charge in [0.05, 0.1) is 6.04 Å². The number of rotatable bonds is 19. The van der Waals surface area contributed by atoms with Crippen molar-refractivity contribution in [1.82, 2.24) is 10.6 Å². The van der Waals surface area contributed by atoms with Gasteiger partial charge in [-0.05, 0) is 19.8 Å². The van der Waals surface area contributed by atoms with Crippen LogP contribution in [0.5, 0.6) is 0 Å². The van der Waals surface area contributed by atoms with Crippen molar-refractivity contribution in [3.05, 3.63) is 0 Å². The summed E-state index contributed by atoms with van der Waals surface area (Å²) in [5.41, 5.74) is 10.4. The topological polar surface area (TPSA) is 154 Å². The van der Waals surface area contributed by atoms with E-state index in [1.165, 1.54) is 58.3 Å². The fourth-order valence-corrected chi connectivity index (χ4v) is 9.96. The van der Waals surface area contributed by atoms with Crippen molar-refractivity contribution in [1.29, 1.82) is 5.41 Å². The number of aliphatic carboxylic acids is 1. The van der Waals surface area contributed by atoms with Gasteiger partial charge in [0, 0.05) is 6.54 Å². The fraction of sp³-hybridized carbons (Fsp3) is 0.880. The molecule has 0 aromatic carbocycles. The third kappa shape index (κ3) is 19.0. The number of unbranched alkanes of at least 4 members (excludes halogenated alkanes) is 4. The van der Waals surface area contributed by atoms with Gasteiger partial charge in [-0.3, -0.25) is 10.2 Å². The standard InChI is InChI=1S/C16H37P.C9H19N5O3/c1-5-9-13-17(14-10-6-2,15-11-7-3)16-12-8-4;1-5(10)7(15)14-6(8(16)17)3-2-4-13-9(11)12/h17H,5-16H2,1-4H3;5-6H,2-4,10H2,1H3,(H,14,15)(H,16,17)(H4,11,12,13). The molecule has 204 valence electrons. The fourth-order valence-electron chi connectivity index (χ4n) is 4.05. The predicted molar refractivity (Wildman–Crippen MR) is 150 cm³/mol. The molecule has 8 N–H and O–H groups in total. The normalized spacial score (nSPS) is 13.2. The zero-order chi connectivity index (χ0) is 26.4. The van der Waals surface area contributed by atoms with Gasteiger partial charge in [-0.25, -0.2) is 4.79 Å². The van der Waals surface area contributed by atoms with Crippen LogP contribution in [0.3, 0.4) is 0 Å². The van der Waals surface area contributed by atoms with Crippen molar-refractivity contribution in [2.24, 2.45) is 11.5 Å². The van der Waals surface area contributed by atoms with Crippen LogP contribution in [0.2, 0.25) is 0 Å². The van der Waals surface area contributed by atoms with Crippen molar-refractivity contribution in [2.75, 3.05) is 31.2 Å². The quantitative estimate of drug-likeness (QED) is 0.0672. The van der Waals surface area contributed by atoms with Gasteiger partial charge in [-0.1, -0.05) is 0 Å². The van der Waals surface area contributed by atoms with Crippen LogP contribution in [0.25, 0.3) is 0 Å². The molecular weight excluding hydrogens is 449 g/mol. The van der Waals surface area contributed by atoms with Crippen molar-refractivity contribution in [3.8, 4) is 0 Å². The molecule has 0 rings (SSSR count). The first-order valence-corrected chi connectivity index (χ1v) is 16.3. The number of carbonyl (C=O) groups is 2. The van der Waals surface area contributed by atoms with Gasteiger partial charge < -0.3 is 27.2 Å². The molecule has 34 heavy (non-hydrogen) atoms. The molecule has 0 spiro atoms. The average Bonchev–Trinajstić information content (AvgIpc) is 2.80. The second-order valence-electron chi connectivity index (χ2n) is 9.58. The first-order chi connectivity index (χ1) is 16.1. The van der Waals surface area contributed by atoms with Crippen molar-refractivity contribution < 1.29 is 14.7 Å². The summed E-state index contributed by atoms with van der Waals surface area (Å²) in [6.45, 7) is 11.3. The molecule has 0 aliphatic carbocycles. The second-order valence-corrected chi connectivity index (χ2v) is 14.6. The third-order valence-electron chi connectivity index (χ3n) is 6.26. The van der Waals surface area contributed by atoms with Crippen LogP contribution in [0.4, 0.5) is 0 Å². The third-order valence-corrected chi connectivity index (χ3v) is 11.9. The molecule has 8 nitrogen and oxygen atoms in total. The maximum absolute atomic E-state index is 11.2. The second kappa shape index (κ2) is 22.1. The van der Waals surface area contributed by atoms with Crippen molar-refractivity contribution in [3.63, 3.8) is 0 Å². The minimum atomic E-state index is -1.11. The van der Waals surface area contributed by atoms with Crippen LogP contribution in [0, 0.1) is 5.41 Å². The molecule has 0 aliphatic heterocycles. The number of nitrogens with two attached hydrogens (primary N) is 2. The molecule has 0 bridgehead atoms. The average molecular weight is 506 g/mol. The number of carbonyl (C=O) groups excluding carboxylic acids is 1. The van der Waals surface area contributed by atoms with E-state index in [9.17, 15) is 9.59 Å². The Bertz CT molecular complexity index is 509. The summed E-state index contributed by atoms with van der Waals surface area (Å²) < 4.78 is 0. The van der Waals surface area contributed by atoms with Crippen LogP contribution in [-0.2, 0) is 9.59 Å². The van der Waals surface area contributed by atoms with E-state index in [1.807, 2.05) is 0 Å². The number of hydrogen-bond acceptors (Lipinski definition) is 4. The molecule has 0 saturated carbocycles. The van der Waals surface area contributed by atoms with E-state index in [-0.39, 0.29) is 12.4 Å². The van der Waals surface area contributed by atoms with Gasteiger partial charge in [0.15, 0.2) is 5.96 Å². The van der Waals surface area contributed by atoms with Crippen LogP contribution in [0.1, 0.15) is 98.8 Å². The molecule has 1 amide bonds.